The lowest BCUT2D eigenvalue weighted by Crippen LogP contribution is -2.10. The summed E-state index contributed by atoms with van der Waals surface area (Å²) in [5, 5.41) is 57.4. The van der Waals surface area contributed by atoms with Gasteiger partial charge in [0.25, 0.3) is 17.1 Å². The first-order valence-corrected chi connectivity index (χ1v) is 6.84. The van der Waals surface area contributed by atoms with Gasteiger partial charge in [0.05, 0.1) is 31.8 Å². The van der Waals surface area contributed by atoms with E-state index in [-0.39, 0.29) is 11.5 Å². The van der Waals surface area contributed by atoms with Crippen molar-refractivity contribution in [2.45, 2.75) is 0 Å². The van der Waals surface area contributed by atoms with Gasteiger partial charge in [0.15, 0.2) is 0 Å². The molecule has 0 spiro atoms. The lowest BCUT2D eigenvalue weighted by Gasteiger charge is -1.97. The number of non-ortho nitro benzene ring substituents is 2. The molecule has 0 aromatic heterocycles. The van der Waals surface area contributed by atoms with E-state index in [2.05, 4.69) is 0 Å². The Bertz CT molecular complexity index is 905. The van der Waals surface area contributed by atoms with Gasteiger partial charge in [-0.2, -0.15) is 0 Å². The summed E-state index contributed by atoms with van der Waals surface area (Å²) in [5.41, 5.74) is 2.64. The third-order valence-electron chi connectivity index (χ3n) is 3.05. The molecule has 2 rings (SSSR count). The minimum atomic E-state index is -1.21. The fraction of sp³-hybridized carbons (Fsp3) is 0. The quantitative estimate of drug-likeness (QED) is 0.288. The van der Waals surface area contributed by atoms with Crippen LogP contribution in [0.2, 0.25) is 0 Å². The summed E-state index contributed by atoms with van der Waals surface area (Å²) in [6.07, 6.45) is 0. The molecule has 0 atom stereocenters. The van der Waals surface area contributed by atoms with Crippen molar-refractivity contribution in [3.05, 3.63) is 82.4 Å². The largest absolute Gasteiger partial charge is 0.497 e. The second-order valence-electron chi connectivity index (χ2n) is 4.82. The van der Waals surface area contributed by atoms with Crippen molar-refractivity contribution in [2.75, 3.05) is 0 Å². The number of hydrogen-bond donors (Lipinski definition) is 3. The Morgan fingerprint density at radius 2 is 1.18 bits per heavy atom. The van der Waals surface area contributed by atoms with Crippen LogP contribution < -0.4 is 5.73 Å². The molecule has 0 heterocycles. The number of nitro benzene ring substituents is 4. The highest BCUT2D eigenvalue weighted by Gasteiger charge is 2.30. The van der Waals surface area contributed by atoms with Crippen LogP contribution in [0.25, 0.3) is 0 Å². The zero-order valence-electron chi connectivity index (χ0n) is 13.5. The minimum absolute atomic E-state index is 0.000000000000000222. The number of nitrogen functional groups attached to an aromatic ring is 1. The molecule has 2 aromatic carbocycles. The van der Waals surface area contributed by atoms with E-state index in [1.165, 1.54) is 24.3 Å². The molecule has 0 bridgehead atoms. The molecule has 0 radical (unpaired) electrons. The number of nitrogens with one attached hydrogen (secondary N) is 1. The predicted molar refractivity (Wildman–Crippen MR) is 92.2 cm³/mol. The summed E-state index contributed by atoms with van der Waals surface area (Å²) in [4.78, 5) is 37.5. The van der Waals surface area contributed by atoms with Crippen molar-refractivity contribution < 1.29 is 24.8 Å². The lowest BCUT2D eigenvalue weighted by atomic mass is 10.2. The molecule has 0 aliphatic carbocycles. The van der Waals surface area contributed by atoms with E-state index in [0.29, 0.717) is 17.7 Å². The minimum Gasteiger partial charge on any atom is -0.497 e. The van der Waals surface area contributed by atoms with Crippen LogP contribution >= 0.6 is 0 Å². The number of nitro groups is 4. The Kier molecular flexibility index (Phi) is 6.56. The number of phenols is 1. The van der Waals surface area contributed by atoms with E-state index in [0.717, 1.165) is 0 Å². The lowest BCUT2D eigenvalue weighted by molar-refractivity contribution is -0.404. The SMILES string of the molecule is N=C(N)c1ccc([N+](=O)[O-])cc1.O=[N+]([O-])c1cc([N+](=O)[O-])c(O)c([N+](=O)[O-])c1. The van der Waals surface area contributed by atoms with Crippen LogP contribution in [-0.4, -0.2) is 30.6 Å². The topological polar surface area (TPSA) is 243 Å². The van der Waals surface area contributed by atoms with Crippen molar-refractivity contribution in [1.82, 2.24) is 0 Å². The highest BCUT2D eigenvalue weighted by molar-refractivity contribution is 5.95. The average molecular weight is 394 g/mol. The number of benzene rings is 2. The Morgan fingerprint density at radius 1 is 0.786 bits per heavy atom. The first-order chi connectivity index (χ1) is 13.0. The number of nitrogens with two attached hydrogens (primary N) is 1. The van der Waals surface area contributed by atoms with Gasteiger partial charge in [-0.1, -0.05) is 0 Å². The zero-order valence-corrected chi connectivity index (χ0v) is 13.5. The molecule has 0 saturated carbocycles. The maximum atomic E-state index is 10.4. The third-order valence-corrected chi connectivity index (χ3v) is 3.05. The van der Waals surface area contributed by atoms with Crippen LogP contribution in [0.15, 0.2) is 36.4 Å². The van der Waals surface area contributed by atoms with Gasteiger partial charge < -0.3 is 10.8 Å². The Morgan fingerprint density at radius 3 is 1.46 bits per heavy atom. The van der Waals surface area contributed by atoms with Gasteiger partial charge in [-0.25, -0.2) is 0 Å². The van der Waals surface area contributed by atoms with Crippen molar-refractivity contribution in [2.24, 2.45) is 5.73 Å². The summed E-state index contributed by atoms with van der Waals surface area (Å²) < 4.78 is 0. The van der Waals surface area contributed by atoms with Crippen LogP contribution in [0, 0.1) is 45.9 Å². The summed E-state index contributed by atoms with van der Waals surface area (Å²) in [6.45, 7) is 0. The van der Waals surface area contributed by atoms with E-state index in [4.69, 9.17) is 16.2 Å². The zero-order chi connectivity index (χ0) is 21.6. The monoisotopic (exact) mass is 394 g/mol. The average Bonchev–Trinajstić information content (AvgIpc) is 2.61. The first kappa shape index (κ1) is 21.4. The summed E-state index contributed by atoms with van der Waals surface area (Å²) in [7, 11) is 0. The molecule has 0 aliphatic heterocycles. The van der Waals surface area contributed by atoms with E-state index in [1.807, 2.05) is 0 Å². The molecule has 0 amide bonds. The molecule has 15 heteroatoms. The highest BCUT2D eigenvalue weighted by Crippen LogP contribution is 2.38. The molecule has 4 N–H and O–H groups in total. The van der Waals surface area contributed by atoms with Gasteiger partial charge in [0, 0.05) is 17.7 Å². The van der Waals surface area contributed by atoms with Crippen molar-refractivity contribution in [1.29, 1.82) is 5.41 Å². The van der Waals surface area contributed by atoms with Crippen LogP contribution in [0.4, 0.5) is 22.7 Å². The number of amidine groups is 1. The maximum Gasteiger partial charge on any atom is 0.324 e. The molecule has 15 nitrogen and oxygen atoms in total. The maximum absolute atomic E-state index is 10.4. The fourth-order valence-electron chi connectivity index (χ4n) is 1.74. The Balaban J connectivity index is 0.000000292. The smallest absolute Gasteiger partial charge is 0.324 e. The number of hydrogen-bond acceptors (Lipinski definition) is 10. The van der Waals surface area contributed by atoms with Crippen molar-refractivity contribution in [3.8, 4) is 5.75 Å². The Labute approximate surface area is 153 Å². The molecule has 28 heavy (non-hydrogen) atoms. The van der Waals surface area contributed by atoms with Crippen molar-refractivity contribution in [3.63, 3.8) is 0 Å². The molecule has 0 saturated heterocycles. The molecule has 0 fully saturated rings. The van der Waals surface area contributed by atoms with E-state index >= 15 is 0 Å². The van der Waals surface area contributed by atoms with E-state index < -0.39 is 42.5 Å². The molecule has 0 aliphatic rings. The number of nitrogens with zero attached hydrogens (tertiary/aromatic N) is 4. The number of phenolic OH excluding ortho intramolecular Hbond substituents is 1. The molecule has 146 valence electrons. The molecular weight excluding hydrogens is 384 g/mol. The normalized spacial score (nSPS) is 9.57. The van der Waals surface area contributed by atoms with Crippen LogP contribution in [0.3, 0.4) is 0 Å². The van der Waals surface area contributed by atoms with Crippen LogP contribution in [-0.2, 0) is 0 Å². The second-order valence-corrected chi connectivity index (χ2v) is 4.82. The summed E-state index contributed by atoms with van der Waals surface area (Å²) in [5.74, 6) is -1.30. The Hall–Kier alpha value is -4.69. The van der Waals surface area contributed by atoms with Crippen LogP contribution in [0.5, 0.6) is 5.75 Å². The van der Waals surface area contributed by atoms with Gasteiger partial charge in [-0.15, -0.1) is 0 Å². The van der Waals surface area contributed by atoms with Gasteiger partial charge in [-0.05, 0) is 12.1 Å². The molecule has 2 aromatic rings. The third kappa shape index (κ3) is 5.15. The number of rotatable bonds is 5. The van der Waals surface area contributed by atoms with E-state index in [1.54, 1.807) is 0 Å². The summed E-state index contributed by atoms with van der Waals surface area (Å²) in [6, 6.07) is 6.42. The van der Waals surface area contributed by atoms with Gasteiger partial charge in [0.2, 0.25) is 0 Å². The number of aromatic hydroxyl groups is 1. The molecule has 0 unspecified atom stereocenters. The summed E-state index contributed by atoms with van der Waals surface area (Å²) >= 11 is 0. The predicted octanol–water partition coefficient (Wildman–Crippen LogP) is 2.00. The first-order valence-electron chi connectivity index (χ1n) is 6.84. The van der Waals surface area contributed by atoms with Crippen LogP contribution in [0.1, 0.15) is 5.56 Å². The second kappa shape index (κ2) is 8.61. The van der Waals surface area contributed by atoms with Gasteiger partial charge in [0.1, 0.15) is 5.84 Å². The van der Waals surface area contributed by atoms with Crippen molar-refractivity contribution >= 4 is 28.6 Å². The van der Waals surface area contributed by atoms with E-state index in [9.17, 15) is 40.5 Å². The molecular formula is C13H10N6O9. The fourth-order valence-corrected chi connectivity index (χ4v) is 1.74. The van der Waals surface area contributed by atoms with Gasteiger partial charge >= 0.3 is 11.4 Å². The standard InChI is InChI=1S/C7H7N3O2.C6H3N3O7/c8-7(9)5-1-3-6(4-2-5)10(11)12;10-6-4(8(13)14)1-3(7(11)12)2-5(6)9(15)16/h1-4H,(H3,8,9);1-2,10H. The van der Waals surface area contributed by atoms with Gasteiger partial charge in [-0.3, -0.25) is 45.9 Å². The highest BCUT2D eigenvalue weighted by atomic mass is 16.6.